The fourth-order valence-electron chi connectivity index (χ4n) is 0.915. The molecular weight excluding hydrogens is 208 g/mol. The maximum atomic E-state index is 11.4. The van der Waals surface area contributed by atoms with Gasteiger partial charge in [-0.3, -0.25) is 9.59 Å². The number of carbonyl (C=O) groups is 2. The molecule has 0 aliphatic carbocycles. The number of ether oxygens (including phenoxy) is 2. The van der Waals surface area contributed by atoms with Gasteiger partial charge in [0.15, 0.2) is 0 Å². The van der Waals surface area contributed by atoms with Crippen molar-refractivity contribution in [3.05, 3.63) is 0 Å². The van der Waals surface area contributed by atoms with Crippen LogP contribution in [0, 0.1) is 23.7 Å². The number of esters is 2. The molecular formula is C12H18O4. The Hall–Kier alpha value is -1.50. The van der Waals surface area contributed by atoms with Crippen molar-refractivity contribution in [3.63, 3.8) is 0 Å². The van der Waals surface area contributed by atoms with Crippen LogP contribution >= 0.6 is 0 Å². The van der Waals surface area contributed by atoms with Gasteiger partial charge in [0, 0.05) is 5.92 Å². The van der Waals surface area contributed by atoms with Crippen LogP contribution in [0.4, 0.5) is 0 Å². The first-order valence-corrected chi connectivity index (χ1v) is 5.37. The first-order valence-electron chi connectivity index (χ1n) is 5.37. The minimum atomic E-state index is -1.12. The highest BCUT2D eigenvalue weighted by molar-refractivity contribution is 5.98. The highest BCUT2D eigenvalue weighted by Gasteiger charge is 2.27. The predicted molar refractivity (Wildman–Crippen MR) is 59.4 cm³/mol. The van der Waals surface area contributed by atoms with E-state index in [9.17, 15) is 9.59 Å². The number of hydrogen-bond acceptors (Lipinski definition) is 4. The third-order valence-corrected chi connectivity index (χ3v) is 1.56. The Bertz CT molecular complexity index is 278. The Balaban J connectivity index is 4.71. The summed E-state index contributed by atoms with van der Waals surface area (Å²) >= 11 is 0. The normalized spacial score (nSPS) is 9.62. The van der Waals surface area contributed by atoms with E-state index >= 15 is 0 Å². The van der Waals surface area contributed by atoms with Crippen LogP contribution in [0.2, 0.25) is 0 Å². The molecule has 0 aliphatic rings. The molecule has 0 N–H and O–H groups in total. The second kappa shape index (κ2) is 7.75. The topological polar surface area (TPSA) is 52.6 Å². The Labute approximate surface area is 96.3 Å². The van der Waals surface area contributed by atoms with Crippen LogP contribution in [-0.4, -0.2) is 25.2 Å². The highest BCUT2D eigenvalue weighted by atomic mass is 16.6. The minimum absolute atomic E-state index is 0.0892. The molecule has 16 heavy (non-hydrogen) atoms. The molecule has 0 fully saturated rings. The fraction of sp³-hybridized carbons (Fsp3) is 0.667. The van der Waals surface area contributed by atoms with Gasteiger partial charge in [-0.25, -0.2) is 0 Å². The smallest absolute Gasteiger partial charge is 0.332 e. The molecule has 0 amide bonds. The third-order valence-electron chi connectivity index (χ3n) is 1.56. The zero-order valence-corrected chi connectivity index (χ0v) is 10.2. The molecule has 0 aromatic carbocycles. The van der Waals surface area contributed by atoms with E-state index in [-0.39, 0.29) is 19.1 Å². The van der Waals surface area contributed by atoms with Crippen molar-refractivity contribution in [2.45, 2.75) is 27.7 Å². The second-order valence-corrected chi connectivity index (χ2v) is 3.38. The summed E-state index contributed by atoms with van der Waals surface area (Å²) in [5.74, 6) is 3.04. The van der Waals surface area contributed by atoms with E-state index in [0.717, 1.165) is 0 Å². The van der Waals surface area contributed by atoms with Crippen LogP contribution in [-0.2, 0) is 19.1 Å². The number of rotatable bonds is 4. The molecule has 90 valence electrons. The second-order valence-electron chi connectivity index (χ2n) is 3.38. The van der Waals surface area contributed by atoms with E-state index in [1.165, 1.54) is 0 Å². The molecule has 0 heterocycles. The number of hydrogen-bond donors (Lipinski definition) is 0. The lowest BCUT2D eigenvalue weighted by Crippen LogP contribution is -2.27. The van der Waals surface area contributed by atoms with E-state index < -0.39 is 17.9 Å². The van der Waals surface area contributed by atoms with Crippen LogP contribution in [0.15, 0.2) is 0 Å². The summed E-state index contributed by atoms with van der Waals surface area (Å²) in [6, 6.07) is 0. The first kappa shape index (κ1) is 14.5. The molecule has 0 spiro atoms. The SMILES string of the molecule is CCOC(=O)C(C#CC(C)C)C(=O)OCC. The summed E-state index contributed by atoms with van der Waals surface area (Å²) in [6.45, 7) is 7.54. The van der Waals surface area contributed by atoms with Crippen molar-refractivity contribution in [2.75, 3.05) is 13.2 Å². The van der Waals surface area contributed by atoms with Gasteiger partial charge in [0.05, 0.1) is 13.2 Å². The van der Waals surface area contributed by atoms with Crippen molar-refractivity contribution in [2.24, 2.45) is 11.8 Å². The lowest BCUT2D eigenvalue weighted by atomic mass is 10.1. The molecule has 0 bridgehead atoms. The maximum Gasteiger partial charge on any atom is 0.332 e. The van der Waals surface area contributed by atoms with E-state index in [0.29, 0.717) is 0 Å². The van der Waals surface area contributed by atoms with Crippen LogP contribution in [0.3, 0.4) is 0 Å². The standard InChI is InChI=1S/C12H18O4/c1-5-15-11(13)10(8-7-9(3)4)12(14)16-6-2/h9-10H,5-6H2,1-4H3. The van der Waals surface area contributed by atoms with Crippen LogP contribution < -0.4 is 0 Å². The average molecular weight is 226 g/mol. The molecule has 0 saturated carbocycles. The van der Waals surface area contributed by atoms with Crippen LogP contribution in [0.25, 0.3) is 0 Å². The van der Waals surface area contributed by atoms with Gasteiger partial charge < -0.3 is 9.47 Å². The minimum Gasteiger partial charge on any atom is -0.465 e. The van der Waals surface area contributed by atoms with Crippen LogP contribution in [0.1, 0.15) is 27.7 Å². The van der Waals surface area contributed by atoms with Gasteiger partial charge in [-0.05, 0) is 13.8 Å². The van der Waals surface area contributed by atoms with Gasteiger partial charge in [0.2, 0.25) is 5.92 Å². The summed E-state index contributed by atoms with van der Waals surface area (Å²) in [6.07, 6.45) is 0. The first-order chi connectivity index (χ1) is 7.52. The molecule has 0 radical (unpaired) electrons. The third kappa shape index (κ3) is 5.40. The van der Waals surface area contributed by atoms with Crippen molar-refractivity contribution >= 4 is 11.9 Å². The van der Waals surface area contributed by atoms with Gasteiger partial charge in [-0.1, -0.05) is 25.7 Å². The van der Waals surface area contributed by atoms with Gasteiger partial charge in [0.25, 0.3) is 0 Å². The highest BCUT2D eigenvalue weighted by Crippen LogP contribution is 2.03. The summed E-state index contributed by atoms with van der Waals surface area (Å²) in [5, 5.41) is 0. The number of carbonyl (C=O) groups excluding carboxylic acids is 2. The summed E-state index contributed by atoms with van der Waals surface area (Å²) in [5.41, 5.74) is 0. The van der Waals surface area contributed by atoms with Crippen molar-refractivity contribution in [1.29, 1.82) is 0 Å². The van der Waals surface area contributed by atoms with Gasteiger partial charge >= 0.3 is 11.9 Å². The zero-order valence-electron chi connectivity index (χ0n) is 10.2. The van der Waals surface area contributed by atoms with Crippen molar-refractivity contribution in [1.82, 2.24) is 0 Å². The van der Waals surface area contributed by atoms with Crippen molar-refractivity contribution < 1.29 is 19.1 Å². The van der Waals surface area contributed by atoms with E-state index in [1.807, 2.05) is 13.8 Å². The quantitative estimate of drug-likeness (QED) is 0.413. The Morgan fingerprint density at radius 1 is 1.00 bits per heavy atom. The van der Waals surface area contributed by atoms with E-state index in [2.05, 4.69) is 11.8 Å². The monoisotopic (exact) mass is 226 g/mol. The van der Waals surface area contributed by atoms with E-state index in [4.69, 9.17) is 9.47 Å². The molecule has 4 nitrogen and oxygen atoms in total. The molecule has 0 rings (SSSR count). The van der Waals surface area contributed by atoms with Crippen molar-refractivity contribution in [3.8, 4) is 11.8 Å². The van der Waals surface area contributed by atoms with Gasteiger partial charge in [-0.2, -0.15) is 0 Å². The Morgan fingerprint density at radius 3 is 1.75 bits per heavy atom. The summed E-state index contributed by atoms with van der Waals surface area (Å²) < 4.78 is 9.52. The maximum absolute atomic E-state index is 11.4. The largest absolute Gasteiger partial charge is 0.465 e. The molecule has 0 aromatic heterocycles. The lowest BCUT2D eigenvalue weighted by Gasteiger charge is -2.08. The zero-order chi connectivity index (χ0) is 12.6. The average Bonchev–Trinajstić information content (AvgIpc) is 2.18. The molecule has 0 aromatic rings. The molecule has 0 atom stereocenters. The summed E-state index contributed by atoms with van der Waals surface area (Å²) in [7, 11) is 0. The van der Waals surface area contributed by atoms with Gasteiger partial charge in [0.1, 0.15) is 0 Å². The fourth-order valence-corrected chi connectivity index (χ4v) is 0.915. The molecule has 0 unspecified atom stereocenters. The Morgan fingerprint density at radius 2 is 1.44 bits per heavy atom. The van der Waals surface area contributed by atoms with E-state index in [1.54, 1.807) is 13.8 Å². The predicted octanol–water partition coefficient (Wildman–Crippen LogP) is 1.39. The van der Waals surface area contributed by atoms with Gasteiger partial charge in [-0.15, -0.1) is 0 Å². The molecule has 4 heteroatoms. The van der Waals surface area contributed by atoms with Crippen LogP contribution in [0.5, 0.6) is 0 Å². The Kier molecular flexibility index (Phi) is 7.02. The summed E-state index contributed by atoms with van der Waals surface area (Å²) in [4.78, 5) is 22.9. The molecule has 0 aliphatic heterocycles. The lowest BCUT2D eigenvalue weighted by molar-refractivity contribution is -0.158. The molecule has 0 saturated heterocycles.